The molecule has 0 fully saturated rings. The smallest absolute Gasteiger partial charge is 0.311 e. The molecule has 24 heavy (non-hydrogen) atoms. The van der Waals surface area contributed by atoms with E-state index in [2.05, 4.69) is 5.32 Å². The van der Waals surface area contributed by atoms with E-state index in [1.807, 2.05) is 0 Å². The van der Waals surface area contributed by atoms with Gasteiger partial charge >= 0.3 is 5.97 Å². The molecule has 0 unspecified atom stereocenters. The monoisotopic (exact) mass is 351 g/mol. The summed E-state index contributed by atoms with van der Waals surface area (Å²) >= 11 is 5.99. The van der Waals surface area contributed by atoms with Crippen LogP contribution in [0.1, 0.15) is 20.3 Å². The highest BCUT2D eigenvalue weighted by atomic mass is 35.5. The standard InChI is InChI=1S/C17H15ClFNO4/c1-3-17(22)24-15-7-5-4-6-14(15)23-16-9-13(20-10(2)21)12(19)8-11(16)18/h4-9H,3H2,1-2H3,(H,20,21). The van der Waals surface area contributed by atoms with E-state index >= 15 is 0 Å². The van der Waals surface area contributed by atoms with Crippen molar-refractivity contribution in [2.45, 2.75) is 20.3 Å². The summed E-state index contributed by atoms with van der Waals surface area (Å²) in [5.74, 6) is -0.975. The summed E-state index contributed by atoms with van der Waals surface area (Å²) in [6, 6.07) is 8.80. The van der Waals surface area contributed by atoms with Crippen LogP contribution in [-0.4, -0.2) is 11.9 Å². The van der Waals surface area contributed by atoms with Gasteiger partial charge in [0.15, 0.2) is 11.5 Å². The van der Waals surface area contributed by atoms with Gasteiger partial charge in [0.05, 0.1) is 10.7 Å². The SMILES string of the molecule is CCC(=O)Oc1ccccc1Oc1cc(NC(C)=O)c(F)cc1Cl. The van der Waals surface area contributed by atoms with Crippen LogP contribution in [0.15, 0.2) is 36.4 Å². The summed E-state index contributed by atoms with van der Waals surface area (Å²) in [5.41, 5.74) is -0.0649. The van der Waals surface area contributed by atoms with Crippen molar-refractivity contribution in [3.05, 3.63) is 47.2 Å². The summed E-state index contributed by atoms with van der Waals surface area (Å²) in [4.78, 5) is 22.6. The van der Waals surface area contributed by atoms with Crippen LogP contribution in [0.4, 0.5) is 10.1 Å². The Bertz CT molecular complexity index is 779. The fourth-order valence-electron chi connectivity index (χ4n) is 1.82. The third kappa shape index (κ3) is 4.45. The average Bonchev–Trinajstić information content (AvgIpc) is 2.53. The molecule has 0 heterocycles. The summed E-state index contributed by atoms with van der Waals surface area (Å²) in [6.07, 6.45) is 0.207. The lowest BCUT2D eigenvalue weighted by molar-refractivity contribution is -0.134. The third-order valence-electron chi connectivity index (χ3n) is 2.91. The Morgan fingerprint density at radius 2 is 1.83 bits per heavy atom. The number of anilines is 1. The van der Waals surface area contributed by atoms with Crippen molar-refractivity contribution < 1.29 is 23.5 Å². The fourth-order valence-corrected chi connectivity index (χ4v) is 2.01. The van der Waals surface area contributed by atoms with Gasteiger partial charge in [0, 0.05) is 19.4 Å². The summed E-state index contributed by atoms with van der Waals surface area (Å²) in [5, 5.41) is 2.36. The molecule has 2 rings (SSSR count). The molecule has 0 saturated heterocycles. The van der Waals surface area contributed by atoms with Crippen LogP contribution in [0.25, 0.3) is 0 Å². The van der Waals surface area contributed by atoms with E-state index in [1.165, 1.54) is 13.0 Å². The highest BCUT2D eigenvalue weighted by molar-refractivity contribution is 6.32. The number of benzene rings is 2. The van der Waals surface area contributed by atoms with Crippen LogP contribution < -0.4 is 14.8 Å². The molecule has 0 bridgehead atoms. The summed E-state index contributed by atoms with van der Waals surface area (Å²) in [6.45, 7) is 2.93. The minimum atomic E-state index is -0.687. The maximum absolute atomic E-state index is 13.8. The van der Waals surface area contributed by atoms with Gasteiger partial charge in [-0.1, -0.05) is 30.7 Å². The van der Waals surface area contributed by atoms with Crippen LogP contribution in [0.3, 0.4) is 0 Å². The molecule has 1 amide bonds. The van der Waals surface area contributed by atoms with Gasteiger partial charge in [0.2, 0.25) is 5.91 Å². The Balaban J connectivity index is 2.34. The minimum absolute atomic E-state index is 0.0122. The van der Waals surface area contributed by atoms with Crippen LogP contribution in [0.2, 0.25) is 5.02 Å². The van der Waals surface area contributed by atoms with Crippen molar-refractivity contribution in [3.63, 3.8) is 0 Å². The van der Waals surface area contributed by atoms with Crippen LogP contribution >= 0.6 is 11.6 Å². The largest absolute Gasteiger partial charge is 0.452 e. The Morgan fingerprint density at radius 3 is 2.46 bits per heavy atom. The lowest BCUT2D eigenvalue weighted by Gasteiger charge is -2.13. The van der Waals surface area contributed by atoms with Gasteiger partial charge in [-0.3, -0.25) is 9.59 Å². The zero-order valence-electron chi connectivity index (χ0n) is 13.1. The number of carbonyl (C=O) groups excluding carboxylic acids is 2. The fraction of sp³-hybridized carbons (Fsp3) is 0.176. The highest BCUT2D eigenvalue weighted by Gasteiger charge is 2.14. The molecule has 5 nitrogen and oxygen atoms in total. The van der Waals surface area contributed by atoms with Crippen molar-refractivity contribution in [1.82, 2.24) is 0 Å². The lowest BCUT2D eigenvalue weighted by atomic mass is 10.2. The van der Waals surface area contributed by atoms with Gasteiger partial charge in [0.1, 0.15) is 11.6 Å². The predicted octanol–water partition coefficient (Wildman–Crippen LogP) is 4.55. The van der Waals surface area contributed by atoms with Gasteiger partial charge in [0.25, 0.3) is 0 Å². The molecule has 0 aliphatic rings. The molecule has 7 heteroatoms. The van der Waals surface area contributed by atoms with Gasteiger partial charge in [-0.05, 0) is 18.2 Å². The molecule has 0 atom stereocenters. The van der Waals surface area contributed by atoms with E-state index in [9.17, 15) is 14.0 Å². The molecule has 0 radical (unpaired) electrons. The molecule has 126 valence electrons. The van der Waals surface area contributed by atoms with E-state index in [-0.39, 0.29) is 34.4 Å². The van der Waals surface area contributed by atoms with Crippen LogP contribution in [-0.2, 0) is 9.59 Å². The van der Waals surface area contributed by atoms with Crippen molar-refractivity contribution >= 4 is 29.2 Å². The molecule has 1 N–H and O–H groups in total. The molecule has 2 aromatic carbocycles. The number of esters is 1. The van der Waals surface area contributed by atoms with E-state index in [0.29, 0.717) is 0 Å². The third-order valence-corrected chi connectivity index (χ3v) is 3.21. The molecule has 0 spiro atoms. The molecule has 0 aliphatic heterocycles. The second-order valence-corrected chi connectivity index (χ2v) is 5.23. The lowest BCUT2D eigenvalue weighted by Crippen LogP contribution is -2.08. The van der Waals surface area contributed by atoms with Gasteiger partial charge in [-0.25, -0.2) is 4.39 Å². The van der Waals surface area contributed by atoms with Crippen LogP contribution in [0, 0.1) is 5.82 Å². The summed E-state index contributed by atoms with van der Waals surface area (Å²) in [7, 11) is 0. The first-order chi connectivity index (χ1) is 11.4. The Hall–Kier alpha value is -2.60. The Morgan fingerprint density at radius 1 is 1.17 bits per heavy atom. The maximum Gasteiger partial charge on any atom is 0.311 e. The number of nitrogens with one attached hydrogen (secondary N) is 1. The Labute approximate surface area is 143 Å². The van der Waals surface area contributed by atoms with E-state index in [4.69, 9.17) is 21.1 Å². The summed E-state index contributed by atoms with van der Waals surface area (Å²) < 4.78 is 24.6. The number of ether oxygens (including phenoxy) is 2. The molecule has 0 saturated carbocycles. The highest BCUT2D eigenvalue weighted by Crippen LogP contribution is 2.37. The topological polar surface area (TPSA) is 64.6 Å². The zero-order valence-corrected chi connectivity index (χ0v) is 13.8. The average molecular weight is 352 g/mol. The van der Waals surface area contributed by atoms with Crippen molar-refractivity contribution in [1.29, 1.82) is 0 Å². The predicted molar refractivity (Wildman–Crippen MR) is 88.2 cm³/mol. The number of hydrogen-bond donors (Lipinski definition) is 1. The Kier molecular flexibility index (Phi) is 5.76. The van der Waals surface area contributed by atoms with Gasteiger partial charge in [-0.15, -0.1) is 0 Å². The number of rotatable bonds is 5. The number of hydrogen-bond acceptors (Lipinski definition) is 4. The molecule has 0 aromatic heterocycles. The van der Waals surface area contributed by atoms with E-state index < -0.39 is 17.7 Å². The molecule has 0 aliphatic carbocycles. The van der Waals surface area contributed by atoms with Crippen molar-refractivity contribution in [3.8, 4) is 17.2 Å². The van der Waals surface area contributed by atoms with E-state index in [0.717, 1.165) is 6.07 Å². The first-order valence-electron chi connectivity index (χ1n) is 7.15. The van der Waals surface area contributed by atoms with Crippen LogP contribution in [0.5, 0.6) is 17.2 Å². The first-order valence-corrected chi connectivity index (χ1v) is 7.52. The number of carbonyl (C=O) groups is 2. The molecular weight excluding hydrogens is 337 g/mol. The normalized spacial score (nSPS) is 10.2. The van der Waals surface area contributed by atoms with Gasteiger partial charge < -0.3 is 14.8 Å². The minimum Gasteiger partial charge on any atom is -0.452 e. The number of para-hydroxylation sites is 2. The second kappa shape index (κ2) is 7.79. The first kappa shape index (κ1) is 17.7. The zero-order chi connectivity index (χ0) is 17.7. The maximum atomic E-state index is 13.8. The number of amides is 1. The van der Waals surface area contributed by atoms with Crippen molar-refractivity contribution in [2.24, 2.45) is 0 Å². The van der Waals surface area contributed by atoms with Crippen molar-refractivity contribution in [2.75, 3.05) is 5.32 Å². The molecular formula is C17H15ClFNO4. The quantitative estimate of drug-likeness (QED) is 0.634. The second-order valence-electron chi connectivity index (χ2n) is 4.82. The van der Waals surface area contributed by atoms with Gasteiger partial charge in [-0.2, -0.15) is 0 Å². The number of halogens is 2. The molecule has 2 aromatic rings. The van der Waals surface area contributed by atoms with E-state index in [1.54, 1.807) is 31.2 Å².